The van der Waals surface area contributed by atoms with E-state index in [0.717, 1.165) is 30.6 Å². The number of anilines is 1. The lowest BCUT2D eigenvalue weighted by Gasteiger charge is -2.48. The number of amides is 2. The predicted octanol–water partition coefficient (Wildman–Crippen LogP) is 3.69. The average Bonchev–Trinajstić information content (AvgIpc) is 3.14. The van der Waals surface area contributed by atoms with Crippen molar-refractivity contribution in [2.75, 3.05) is 50.8 Å². The van der Waals surface area contributed by atoms with Crippen molar-refractivity contribution < 1.29 is 19.1 Å². The number of hydrogen-bond acceptors (Lipinski definition) is 7. The van der Waals surface area contributed by atoms with Gasteiger partial charge in [0.1, 0.15) is 5.60 Å². The van der Waals surface area contributed by atoms with Crippen LogP contribution in [0.15, 0.2) is 17.1 Å². The molecule has 0 aliphatic carbocycles. The summed E-state index contributed by atoms with van der Waals surface area (Å²) in [5.74, 6) is 0.0218. The first kappa shape index (κ1) is 32.5. The zero-order valence-electron chi connectivity index (χ0n) is 27.3. The maximum Gasteiger partial charge on any atom is 0.410 e. The van der Waals surface area contributed by atoms with Crippen LogP contribution in [0.4, 0.5) is 10.5 Å². The molecule has 4 atom stereocenters. The summed E-state index contributed by atoms with van der Waals surface area (Å²) in [4.78, 5) is 48.6. The largest absolute Gasteiger partial charge is 0.444 e. The lowest BCUT2D eigenvalue weighted by atomic mass is 9.87. The summed E-state index contributed by atoms with van der Waals surface area (Å²) in [6.45, 7) is 22.9. The number of carbonyl (C=O) groups excluding carboxylic acids is 2. The molecule has 0 unspecified atom stereocenters. The van der Waals surface area contributed by atoms with Gasteiger partial charge >= 0.3 is 6.09 Å². The van der Waals surface area contributed by atoms with Crippen LogP contribution in [0.2, 0.25) is 0 Å². The van der Waals surface area contributed by atoms with Gasteiger partial charge in [0.25, 0.3) is 5.56 Å². The number of carbonyl (C=O) groups is 2. The van der Waals surface area contributed by atoms with E-state index < -0.39 is 5.60 Å². The van der Waals surface area contributed by atoms with E-state index in [0.29, 0.717) is 39.4 Å². The topological polar surface area (TPSA) is 87.6 Å². The van der Waals surface area contributed by atoms with Crippen LogP contribution in [-0.4, -0.2) is 107 Å². The zero-order valence-corrected chi connectivity index (χ0v) is 27.3. The van der Waals surface area contributed by atoms with Gasteiger partial charge in [-0.1, -0.05) is 27.2 Å². The Labute approximate surface area is 251 Å². The third-order valence-corrected chi connectivity index (χ3v) is 8.92. The van der Waals surface area contributed by atoms with Crippen molar-refractivity contribution in [2.45, 2.75) is 117 Å². The molecule has 3 aliphatic heterocycles. The number of fused-ring (bicyclic) bond motifs is 1. The second-order valence-electron chi connectivity index (χ2n) is 14.3. The highest BCUT2D eigenvalue weighted by molar-refractivity contribution is 5.97. The quantitative estimate of drug-likeness (QED) is 0.481. The number of nitrogens with zero attached hydrogens (tertiary/aromatic N) is 5. The molecule has 1 aromatic rings. The maximum atomic E-state index is 14.1. The average molecular weight is 588 g/mol. The summed E-state index contributed by atoms with van der Waals surface area (Å²) in [7, 11) is 0. The van der Waals surface area contributed by atoms with Crippen molar-refractivity contribution in [1.29, 1.82) is 0 Å². The van der Waals surface area contributed by atoms with Crippen LogP contribution in [-0.2, 0) is 26.2 Å². The highest BCUT2D eigenvalue weighted by Crippen LogP contribution is 2.39. The molecule has 2 amide bonds. The lowest BCUT2D eigenvalue weighted by Crippen LogP contribution is -2.65. The minimum absolute atomic E-state index is 0.00882. The van der Waals surface area contributed by atoms with Crippen LogP contribution in [0.25, 0.3) is 0 Å². The molecular weight excluding hydrogens is 534 g/mol. The van der Waals surface area contributed by atoms with Gasteiger partial charge in [-0.05, 0) is 53.5 Å². The van der Waals surface area contributed by atoms with Crippen molar-refractivity contribution >= 4 is 17.7 Å². The molecule has 2 fully saturated rings. The Bertz CT molecular complexity index is 1180. The minimum atomic E-state index is -0.583. The highest BCUT2D eigenvalue weighted by Gasteiger charge is 2.43. The molecule has 1 aromatic heterocycles. The number of morpholine rings is 1. The van der Waals surface area contributed by atoms with Crippen LogP contribution in [0, 0.1) is 0 Å². The summed E-state index contributed by atoms with van der Waals surface area (Å²) in [5, 5.41) is 0. The van der Waals surface area contributed by atoms with Crippen molar-refractivity contribution in [3.05, 3.63) is 28.2 Å². The molecule has 3 aliphatic rings. The molecule has 4 heterocycles. The van der Waals surface area contributed by atoms with Gasteiger partial charge < -0.3 is 23.8 Å². The molecule has 236 valence electrons. The number of aryl methyl sites for hydroxylation is 1. The van der Waals surface area contributed by atoms with Gasteiger partial charge in [0.05, 0.1) is 25.4 Å². The van der Waals surface area contributed by atoms with Gasteiger partial charge in [-0.15, -0.1) is 0 Å². The lowest BCUT2D eigenvalue weighted by molar-refractivity contribution is -0.122. The summed E-state index contributed by atoms with van der Waals surface area (Å²) in [6, 6.07) is 2.06. The fourth-order valence-electron chi connectivity index (χ4n) is 6.56. The maximum absolute atomic E-state index is 14.1. The third-order valence-electron chi connectivity index (χ3n) is 8.92. The van der Waals surface area contributed by atoms with Crippen molar-refractivity contribution in [1.82, 2.24) is 19.3 Å². The van der Waals surface area contributed by atoms with Gasteiger partial charge in [0.2, 0.25) is 5.91 Å². The fourth-order valence-corrected chi connectivity index (χ4v) is 6.56. The summed E-state index contributed by atoms with van der Waals surface area (Å²) in [5.41, 5.74) is 0.873. The monoisotopic (exact) mass is 587 g/mol. The number of rotatable bonds is 7. The van der Waals surface area contributed by atoms with E-state index in [1.807, 2.05) is 43.7 Å². The first-order valence-electron chi connectivity index (χ1n) is 15.7. The van der Waals surface area contributed by atoms with E-state index in [4.69, 9.17) is 9.47 Å². The van der Waals surface area contributed by atoms with E-state index in [2.05, 4.69) is 44.4 Å². The van der Waals surface area contributed by atoms with E-state index in [9.17, 15) is 14.4 Å². The SMILES string of the molecule is CCCCn1cc2c(cc1=O)C(C)(C)CN2C(=O)CN1C[C@@H](C)N(C(=O)OC(C)(C)C)C[C@@H]1CN1[C@H](C)COC[C@H]1C. The second-order valence-corrected chi connectivity index (χ2v) is 14.3. The fraction of sp³-hybridized carbons (Fsp3) is 0.781. The number of aromatic nitrogens is 1. The Morgan fingerprint density at radius 1 is 1.07 bits per heavy atom. The highest BCUT2D eigenvalue weighted by atomic mass is 16.6. The Balaban J connectivity index is 1.59. The molecule has 0 radical (unpaired) electrons. The van der Waals surface area contributed by atoms with Crippen molar-refractivity contribution in [3.63, 3.8) is 0 Å². The molecule has 4 rings (SSSR count). The van der Waals surface area contributed by atoms with E-state index in [1.165, 1.54) is 0 Å². The second kappa shape index (κ2) is 12.7. The Morgan fingerprint density at radius 2 is 1.74 bits per heavy atom. The zero-order chi connectivity index (χ0) is 31.0. The van der Waals surface area contributed by atoms with Gasteiger partial charge in [0, 0.05) is 74.6 Å². The van der Waals surface area contributed by atoms with Gasteiger partial charge in [-0.3, -0.25) is 19.4 Å². The molecule has 42 heavy (non-hydrogen) atoms. The Hall–Kier alpha value is -2.43. The first-order valence-corrected chi connectivity index (χ1v) is 15.7. The molecule has 0 aromatic carbocycles. The van der Waals surface area contributed by atoms with Crippen molar-refractivity contribution in [2.24, 2.45) is 0 Å². The van der Waals surface area contributed by atoms with Gasteiger partial charge in [-0.25, -0.2) is 4.79 Å². The van der Waals surface area contributed by atoms with Crippen LogP contribution in [0.3, 0.4) is 0 Å². The van der Waals surface area contributed by atoms with E-state index in [1.54, 1.807) is 10.6 Å². The smallest absolute Gasteiger partial charge is 0.410 e. The predicted molar refractivity (Wildman–Crippen MR) is 165 cm³/mol. The Kier molecular flexibility index (Phi) is 9.79. The van der Waals surface area contributed by atoms with Crippen LogP contribution in [0.5, 0.6) is 0 Å². The molecule has 10 heteroatoms. The molecule has 2 saturated heterocycles. The van der Waals surface area contributed by atoms with E-state index >= 15 is 0 Å². The first-order chi connectivity index (χ1) is 19.6. The molecule has 0 saturated carbocycles. The van der Waals surface area contributed by atoms with Crippen molar-refractivity contribution in [3.8, 4) is 0 Å². The summed E-state index contributed by atoms with van der Waals surface area (Å²) < 4.78 is 13.3. The molecule has 0 bridgehead atoms. The van der Waals surface area contributed by atoms with Gasteiger partial charge in [0.15, 0.2) is 0 Å². The number of pyridine rings is 1. The number of piperazine rings is 1. The van der Waals surface area contributed by atoms with Crippen LogP contribution >= 0.6 is 0 Å². The minimum Gasteiger partial charge on any atom is -0.444 e. The normalized spacial score (nSPS) is 26.8. The summed E-state index contributed by atoms with van der Waals surface area (Å²) in [6.07, 6.45) is 3.48. The molecule has 0 N–H and O–H groups in total. The molecule has 0 spiro atoms. The summed E-state index contributed by atoms with van der Waals surface area (Å²) >= 11 is 0. The van der Waals surface area contributed by atoms with Gasteiger partial charge in [-0.2, -0.15) is 0 Å². The Morgan fingerprint density at radius 3 is 2.36 bits per heavy atom. The molecule has 10 nitrogen and oxygen atoms in total. The molecular formula is C32H53N5O5. The number of hydrogen-bond donors (Lipinski definition) is 0. The third kappa shape index (κ3) is 7.19. The van der Waals surface area contributed by atoms with Crippen LogP contribution < -0.4 is 10.5 Å². The number of ether oxygens (including phenoxy) is 2. The standard InChI is InChI=1S/C32H53N5O5/c1-10-11-12-33-17-27-26(13-28(33)38)32(8,9)21-37(27)29(39)18-34-14-22(2)36(30(40)42-31(5,6)7)16-25(34)15-35-23(3)19-41-20-24(35)4/h13,17,22-25H,10-12,14-16,18-21H2,1-9H3/t22-,23-,24-,25+/m1/s1. The van der Waals surface area contributed by atoms with E-state index in [-0.39, 0.29) is 53.7 Å². The van der Waals surface area contributed by atoms with Crippen LogP contribution in [0.1, 0.15) is 80.7 Å². The number of unbranched alkanes of at least 4 members (excludes halogenated alkanes) is 1.